The largest absolute Gasteiger partial charge is 0.465 e. The zero-order valence-electron chi connectivity index (χ0n) is 12.0. The summed E-state index contributed by atoms with van der Waals surface area (Å²) in [5.41, 5.74) is 2.01. The van der Waals surface area contributed by atoms with Crippen LogP contribution < -0.4 is 10.6 Å². The van der Waals surface area contributed by atoms with Gasteiger partial charge in [0.05, 0.1) is 12.5 Å². The van der Waals surface area contributed by atoms with Crippen molar-refractivity contribution in [2.45, 2.75) is 6.42 Å². The first-order valence-corrected chi connectivity index (χ1v) is 6.95. The van der Waals surface area contributed by atoms with Gasteiger partial charge in [-0.3, -0.25) is 10.1 Å². The highest BCUT2D eigenvalue weighted by atomic mass is 16.4. The zero-order chi connectivity index (χ0) is 16.2. The summed E-state index contributed by atoms with van der Waals surface area (Å²) in [6.07, 6.45) is 2.47. The second kappa shape index (κ2) is 6.27. The summed E-state index contributed by atoms with van der Waals surface area (Å²) in [6.45, 7) is 0.407. The lowest BCUT2D eigenvalue weighted by atomic mass is 10.1. The summed E-state index contributed by atoms with van der Waals surface area (Å²) in [5, 5.41) is 14.6. The number of furan rings is 2. The van der Waals surface area contributed by atoms with Crippen molar-refractivity contribution in [3.63, 3.8) is 0 Å². The Balaban J connectivity index is 1.67. The van der Waals surface area contributed by atoms with E-state index in [1.807, 2.05) is 0 Å². The molecule has 0 atom stereocenters. The smallest absolute Gasteiger partial charge is 0.409 e. The quantitative estimate of drug-likeness (QED) is 0.671. The van der Waals surface area contributed by atoms with Gasteiger partial charge < -0.3 is 19.3 Å². The summed E-state index contributed by atoms with van der Waals surface area (Å²) < 4.78 is 10.4. The van der Waals surface area contributed by atoms with E-state index in [9.17, 15) is 9.59 Å². The first kappa shape index (κ1) is 14.7. The summed E-state index contributed by atoms with van der Waals surface area (Å²) in [4.78, 5) is 22.5. The Labute approximate surface area is 130 Å². The number of carboxylic acid groups (broad SMARTS) is 1. The molecule has 7 nitrogen and oxygen atoms in total. The minimum atomic E-state index is -1.12. The van der Waals surface area contributed by atoms with Crippen molar-refractivity contribution in [1.29, 1.82) is 0 Å². The molecular formula is C16H14N2O5. The molecule has 7 heteroatoms. The number of hydrogen-bond acceptors (Lipinski definition) is 4. The molecule has 3 aromatic rings. The zero-order valence-corrected chi connectivity index (χ0v) is 12.0. The van der Waals surface area contributed by atoms with Crippen LogP contribution >= 0.6 is 0 Å². The number of nitrogens with one attached hydrogen (secondary N) is 2. The van der Waals surface area contributed by atoms with Gasteiger partial charge in [-0.15, -0.1) is 0 Å². The molecule has 1 aromatic carbocycles. The van der Waals surface area contributed by atoms with Gasteiger partial charge in [-0.25, -0.2) is 4.79 Å². The van der Waals surface area contributed by atoms with Gasteiger partial charge in [0, 0.05) is 23.2 Å². The van der Waals surface area contributed by atoms with Crippen molar-refractivity contribution < 1.29 is 23.5 Å². The Morgan fingerprint density at radius 3 is 2.78 bits per heavy atom. The third kappa shape index (κ3) is 3.34. The Hall–Kier alpha value is -3.22. The fourth-order valence-corrected chi connectivity index (χ4v) is 2.28. The van der Waals surface area contributed by atoms with Gasteiger partial charge in [-0.05, 0) is 36.8 Å². The predicted octanol–water partition coefficient (Wildman–Crippen LogP) is 3.09. The van der Waals surface area contributed by atoms with Crippen LogP contribution in [0, 0.1) is 0 Å². The van der Waals surface area contributed by atoms with Gasteiger partial charge in [-0.2, -0.15) is 0 Å². The van der Waals surface area contributed by atoms with E-state index in [-0.39, 0.29) is 11.7 Å². The van der Waals surface area contributed by atoms with Crippen LogP contribution in [0.25, 0.3) is 11.0 Å². The van der Waals surface area contributed by atoms with Crippen molar-refractivity contribution in [3.05, 3.63) is 54.2 Å². The Morgan fingerprint density at radius 1 is 1.17 bits per heavy atom. The van der Waals surface area contributed by atoms with Gasteiger partial charge >= 0.3 is 6.09 Å². The van der Waals surface area contributed by atoms with Crippen molar-refractivity contribution >= 4 is 28.7 Å². The molecular weight excluding hydrogens is 300 g/mol. The monoisotopic (exact) mass is 314 g/mol. The minimum absolute atomic E-state index is 0.259. The highest BCUT2D eigenvalue weighted by Gasteiger charge is 2.10. The summed E-state index contributed by atoms with van der Waals surface area (Å²) >= 11 is 0. The number of benzene rings is 1. The normalized spacial score (nSPS) is 10.6. The second-order valence-corrected chi connectivity index (χ2v) is 4.89. The van der Waals surface area contributed by atoms with E-state index in [0.29, 0.717) is 24.2 Å². The lowest BCUT2D eigenvalue weighted by molar-refractivity contribution is 0.0926. The Kier molecular flexibility index (Phi) is 4.01. The van der Waals surface area contributed by atoms with E-state index in [4.69, 9.17) is 13.9 Å². The molecule has 0 spiro atoms. The van der Waals surface area contributed by atoms with Gasteiger partial charge in [0.1, 0.15) is 5.58 Å². The Bertz CT molecular complexity index is 835. The topological polar surface area (TPSA) is 105 Å². The molecule has 0 unspecified atom stereocenters. The van der Waals surface area contributed by atoms with Gasteiger partial charge in [0.25, 0.3) is 5.91 Å². The van der Waals surface area contributed by atoms with Gasteiger partial charge in [0.15, 0.2) is 5.76 Å². The standard InChI is InChI=1S/C16H14N2O5/c19-15(14-2-1-7-22-14)17-6-5-10-9-23-13-4-3-11(8-12(10)13)18-16(20)21/h1-4,7-9,18H,5-6H2,(H,17,19)(H,20,21). The van der Waals surface area contributed by atoms with Gasteiger partial charge in [0.2, 0.25) is 0 Å². The van der Waals surface area contributed by atoms with Crippen molar-refractivity contribution in [1.82, 2.24) is 5.32 Å². The van der Waals surface area contributed by atoms with Crippen LogP contribution in [0.2, 0.25) is 0 Å². The number of amides is 2. The molecule has 118 valence electrons. The molecule has 0 aliphatic carbocycles. The number of fused-ring (bicyclic) bond motifs is 1. The third-order valence-electron chi connectivity index (χ3n) is 3.33. The third-order valence-corrected chi connectivity index (χ3v) is 3.33. The van der Waals surface area contributed by atoms with E-state index in [1.165, 1.54) is 6.26 Å². The second-order valence-electron chi connectivity index (χ2n) is 4.89. The Morgan fingerprint density at radius 2 is 2.04 bits per heavy atom. The molecule has 3 rings (SSSR count). The number of anilines is 1. The van der Waals surface area contributed by atoms with E-state index >= 15 is 0 Å². The molecule has 0 saturated heterocycles. The molecule has 0 bridgehead atoms. The first-order chi connectivity index (χ1) is 11.1. The van der Waals surface area contributed by atoms with E-state index in [0.717, 1.165) is 10.9 Å². The molecule has 0 radical (unpaired) electrons. The number of carbonyl (C=O) groups is 2. The highest BCUT2D eigenvalue weighted by Crippen LogP contribution is 2.25. The number of hydrogen-bond donors (Lipinski definition) is 3. The molecule has 2 heterocycles. The average Bonchev–Trinajstić information content (AvgIpc) is 3.16. The van der Waals surface area contributed by atoms with Crippen LogP contribution in [0.5, 0.6) is 0 Å². The number of rotatable bonds is 5. The maximum absolute atomic E-state index is 11.8. The average molecular weight is 314 g/mol. The maximum atomic E-state index is 11.8. The van der Waals surface area contributed by atoms with E-state index < -0.39 is 6.09 Å². The lowest BCUT2D eigenvalue weighted by Gasteiger charge is -2.03. The molecule has 2 aromatic heterocycles. The summed E-state index contributed by atoms with van der Waals surface area (Å²) in [7, 11) is 0. The molecule has 23 heavy (non-hydrogen) atoms. The fourth-order valence-electron chi connectivity index (χ4n) is 2.28. The predicted molar refractivity (Wildman–Crippen MR) is 82.6 cm³/mol. The molecule has 3 N–H and O–H groups in total. The summed E-state index contributed by atoms with van der Waals surface area (Å²) in [6, 6.07) is 8.27. The van der Waals surface area contributed by atoms with Crippen LogP contribution in [-0.4, -0.2) is 23.7 Å². The molecule has 0 saturated carbocycles. The van der Waals surface area contributed by atoms with Crippen molar-refractivity contribution in [2.75, 3.05) is 11.9 Å². The van der Waals surface area contributed by atoms with E-state index in [2.05, 4.69) is 10.6 Å². The van der Waals surface area contributed by atoms with Crippen molar-refractivity contribution in [3.8, 4) is 0 Å². The van der Waals surface area contributed by atoms with Crippen LogP contribution in [-0.2, 0) is 6.42 Å². The van der Waals surface area contributed by atoms with Crippen LogP contribution in [0.3, 0.4) is 0 Å². The van der Waals surface area contributed by atoms with E-state index in [1.54, 1.807) is 36.6 Å². The van der Waals surface area contributed by atoms with Crippen LogP contribution in [0.1, 0.15) is 16.1 Å². The fraction of sp³-hybridized carbons (Fsp3) is 0.125. The SMILES string of the molecule is O=C(O)Nc1ccc2occ(CCNC(=O)c3ccco3)c2c1. The summed E-state index contributed by atoms with van der Waals surface area (Å²) in [5.74, 6) is -0.0222. The number of carbonyl (C=O) groups excluding carboxylic acids is 1. The minimum Gasteiger partial charge on any atom is -0.465 e. The maximum Gasteiger partial charge on any atom is 0.409 e. The highest BCUT2D eigenvalue weighted by molar-refractivity contribution is 5.91. The molecule has 2 amide bonds. The lowest BCUT2D eigenvalue weighted by Crippen LogP contribution is -2.25. The first-order valence-electron chi connectivity index (χ1n) is 6.95. The molecule has 0 aliphatic rings. The molecule has 0 aliphatic heterocycles. The molecule has 0 fully saturated rings. The van der Waals surface area contributed by atoms with Crippen LogP contribution in [0.15, 0.2) is 51.7 Å². The van der Waals surface area contributed by atoms with Gasteiger partial charge in [-0.1, -0.05) is 0 Å². The van der Waals surface area contributed by atoms with Crippen molar-refractivity contribution in [2.24, 2.45) is 0 Å². The van der Waals surface area contributed by atoms with Crippen LogP contribution in [0.4, 0.5) is 10.5 Å².